The molecule has 0 aliphatic heterocycles. The highest BCUT2D eigenvalue weighted by atomic mass is 32.2. The number of rotatable bonds is 10. The number of hydrogen-bond donors (Lipinski definition) is 3. The molecule has 1 aliphatic carbocycles. The number of aliphatic hydroxyl groups is 1. The second-order valence-electron chi connectivity index (χ2n) is 9.39. The van der Waals surface area contributed by atoms with E-state index in [2.05, 4.69) is 17.4 Å². The number of carbonyl (C=O) groups is 2. The van der Waals surface area contributed by atoms with Crippen molar-refractivity contribution in [1.29, 1.82) is 0 Å². The van der Waals surface area contributed by atoms with Crippen molar-refractivity contribution in [1.82, 2.24) is 5.32 Å². The molecule has 6 nitrogen and oxygen atoms in total. The van der Waals surface area contributed by atoms with Gasteiger partial charge in [0, 0.05) is 11.7 Å². The third-order valence-corrected chi connectivity index (χ3v) is 8.36. The molecule has 0 saturated heterocycles. The van der Waals surface area contributed by atoms with Crippen molar-refractivity contribution in [3.63, 3.8) is 0 Å². The first kappa shape index (κ1) is 26.5. The van der Waals surface area contributed by atoms with Crippen molar-refractivity contribution < 1.29 is 24.5 Å². The van der Waals surface area contributed by atoms with Gasteiger partial charge >= 0.3 is 12.1 Å². The molecule has 198 valence electrons. The van der Waals surface area contributed by atoms with E-state index in [0.29, 0.717) is 0 Å². The number of carboxylic acids is 1. The van der Waals surface area contributed by atoms with Gasteiger partial charge in [-0.1, -0.05) is 109 Å². The number of carboxylic acid groups (broad SMARTS) is 1. The number of amides is 1. The van der Waals surface area contributed by atoms with Crippen molar-refractivity contribution >= 4 is 23.8 Å². The van der Waals surface area contributed by atoms with Gasteiger partial charge in [0.05, 0.1) is 11.3 Å². The number of alkyl carbamates (subject to hydrolysis) is 1. The second kappa shape index (κ2) is 12.2. The molecule has 0 heterocycles. The molecular weight excluding hydrogens is 510 g/mol. The Kier molecular flexibility index (Phi) is 8.30. The van der Waals surface area contributed by atoms with Crippen LogP contribution in [0, 0.1) is 0 Å². The highest BCUT2D eigenvalue weighted by molar-refractivity contribution is 7.99. The first-order valence-corrected chi connectivity index (χ1v) is 13.8. The molecule has 5 rings (SSSR count). The number of aliphatic hydroxyl groups excluding tert-OH is 1. The van der Waals surface area contributed by atoms with E-state index in [1.54, 1.807) is 0 Å². The molecule has 1 aliphatic rings. The molecule has 7 heteroatoms. The maximum atomic E-state index is 12.9. The number of fused-ring (bicyclic) bond motifs is 3. The first-order chi connectivity index (χ1) is 19.0. The minimum Gasteiger partial charge on any atom is -0.479 e. The van der Waals surface area contributed by atoms with Gasteiger partial charge in [0.15, 0.2) is 6.10 Å². The predicted octanol–water partition coefficient (Wildman–Crippen LogP) is 5.86. The van der Waals surface area contributed by atoms with E-state index in [1.165, 1.54) is 11.8 Å². The van der Waals surface area contributed by atoms with Crippen LogP contribution in [0.2, 0.25) is 0 Å². The maximum Gasteiger partial charge on any atom is 0.407 e. The maximum absolute atomic E-state index is 12.9. The minimum atomic E-state index is -1.79. The van der Waals surface area contributed by atoms with Gasteiger partial charge in [-0.05, 0) is 33.4 Å². The quantitative estimate of drug-likeness (QED) is 0.234. The van der Waals surface area contributed by atoms with Crippen LogP contribution in [0.4, 0.5) is 4.79 Å². The summed E-state index contributed by atoms with van der Waals surface area (Å²) >= 11 is 1.45. The molecule has 0 radical (unpaired) electrons. The van der Waals surface area contributed by atoms with Crippen LogP contribution in [0.25, 0.3) is 11.1 Å². The number of benzene rings is 4. The van der Waals surface area contributed by atoms with Gasteiger partial charge in [-0.2, -0.15) is 0 Å². The lowest BCUT2D eigenvalue weighted by Crippen LogP contribution is -2.49. The molecule has 0 spiro atoms. The molecule has 4 aromatic rings. The second-order valence-corrected chi connectivity index (χ2v) is 10.5. The van der Waals surface area contributed by atoms with Gasteiger partial charge < -0.3 is 20.3 Å². The third-order valence-electron chi connectivity index (χ3n) is 6.93. The summed E-state index contributed by atoms with van der Waals surface area (Å²) in [5.41, 5.74) is 6.48. The van der Waals surface area contributed by atoms with E-state index >= 15 is 0 Å². The average molecular weight is 540 g/mol. The molecule has 0 unspecified atom stereocenters. The third kappa shape index (κ3) is 6.00. The lowest BCUT2D eigenvalue weighted by atomic mass is 9.98. The van der Waals surface area contributed by atoms with E-state index in [4.69, 9.17) is 4.74 Å². The summed E-state index contributed by atoms with van der Waals surface area (Å²) < 4.78 is 5.61. The molecule has 0 aromatic heterocycles. The molecule has 0 saturated carbocycles. The van der Waals surface area contributed by atoms with Crippen LogP contribution in [0.1, 0.15) is 33.4 Å². The van der Waals surface area contributed by atoms with Crippen LogP contribution in [-0.2, 0) is 9.53 Å². The highest BCUT2D eigenvalue weighted by Gasteiger charge is 2.32. The number of ether oxygens (including phenoxy) is 1. The summed E-state index contributed by atoms with van der Waals surface area (Å²) in [6.07, 6.45) is -2.55. The van der Waals surface area contributed by atoms with Crippen molar-refractivity contribution in [2.45, 2.75) is 23.3 Å². The Bertz CT molecular complexity index is 1340. The molecule has 0 bridgehead atoms. The van der Waals surface area contributed by atoms with Crippen LogP contribution in [0.5, 0.6) is 0 Å². The average Bonchev–Trinajstić information content (AvgIpc) is 3.30. The van der Waals surface area contributed by atoms with Crippen LogP contribution < -0.4 is 5.32 Å². The predicted molar refractivity (Wildman–Crippen MR) is 153 cm³/mol. The fourth-order valence-corrected chi connectivity index (χ4v) is 6.38. The zero-order chi connectivity index (χ0) is 27.2. The van der Waals surface area contributed by atoms with E-state index < -0.39 is 24.2 Å². The summed E-state index contributed by atoms with van der Waals surface area (Å²) in [5, 5.41) is 22.5. The van der Waals surface area contributed by atoms with Gasteiger partial charge in [0.2, 0.25) is 0 Å². The van der Waals surface area contributed by atoms with Gasteiger partial charge in [-0.15, -0.1) is 11.8 Å². The summed E-state index contributed by atoms with van der Waals surface area (Å²) in [7, 11) is 0. The van der Waals surface area contributed by atoms with Crippen LogP contribution >= 0.6 is 11.8 Å². The lowest BCUT2D eigenvalue weighted by molar-refractivity contribution is -0.147. The Balaban J connectivity index is 1.28. The fourth-order valence-electron chi connectivity index (χ4n) is 5.02. The normalized spacial score (nSPS) is 13.8. The van der Waals surface area contributed by atoms with E-state index in [0.717, 1.165) is 33.4 Å². The topological polar surface area (TPSA) is 95.9 Å². The number of carbonyl (C=O) groups excluding carboxylic acids is 1. The van der Waals surface area contributed by atoms with Gasteiger partial charge in [0.25, 0.3) is 0 Å². The zero-order valence-corrected chi connectivity index (χ0v) is 22.0. The van der Waals surface area contributed by atoms with Gasteiger partial charge in [-0.3, -0.25) is 0 Å². The summed E-state index contributed by atoms with van der Waals surface area (Å²) in [6.45, 7) is 0.0968. The van der Waals surface area contributed by atoms with Gasteiger partial charge in [0.1, 0.15) is 6.61 Å². The summed E-state index contributed by atoms with van der Waals surface area (Å²) in [4.78, 5) is 24.6. The SMILES string of the molecule is O=C(N[C@@H](CSC(c1ccccc1)c1ccccc1)[C@@H](O)C(=O)O)OCC1c2ccccc2-c2ccccc21. The summed E-state index contributed by atoms with van der Waals surface area (Å²) in [5.74, 6) is -1.37. The Morgan fingerprint density at radius 2 is 1.26 bits per heavy atom. The van der Waals surface area contributed by atoms with Crippen molar-refractivity contribution in [3.8, 4) is 11.1 Å². The smallest absolute Gasteiger partial charge is 0.407 e. The van der Waals surface area contributed by atoms with E-state index in [-0.39, 0.29) is 23.5 Å². The molecular formula is C32H29NO5S. The molecule has 4 aromatic carbocycles. The van der Waals surface area contributed by atoms with Crippen LogP contribution in [0.15, 0.2) is 109 Å². The molecule has 0 fully saturated rings. The standard InChI is InChI=1S/C32H29NO5S/c34-29(31(35)36)28(20-39-30(21-11-3-1-4-12-21)22-13-5-2-6-14-22)33-32(37)38-19-27-25-17-9-7-15-23(25)24-16-8-10-18-26(24)27/h1-18,27-30,34H,19-20H2,(H,33,37)(H,35,36)/t28-,29+/m0/s1. The number of nitrogens with one attached hydrogen (secondary N) is 1. The molecule has 39 heavy (non-hydrogen) atoms. The highest BCUT2D eigenvalue weighted by Crippen LogP contribution is 2.44. The largest absolute Gasteiger partial charge is 0.479 e. The Morgan fingerprint density at radius 1 is 0.769 bits per heavy atom. The Morgan fingerprint density at radius 3 is 1.77 bits per heavy atom. The Hall–Kier alpha value is -4.07. The van der Waals surface area contributed by atoms with Crippen LogP contribution in [-0.4, -0.2) is 46.8 Å². The minimum absolute atomic E-state index is 0.0968. The molecule has 3 N–H and O–H groups in total. The zero-order valence-electron chi connectivity index (χ0n) is 21.1. The number of aliphatic carboxylic acids is 1. The molecule has 2 atom stereocenters. The van der Waals surface area contributed by atoms with Crippen molar-refractivity contribution in [2.75, 3.05) is 12.4 Å². The Labute approximate surface area is 231 Å². The van der Waals surface area contributed by atoms with E-state index in [9.17, 15) is 19.8 Å². The first-order valence-electron chi connectivity index (χ1n) is 12.8. The van der Waals surface area contributed by atoms with Crippen molar-refractivity contribution in [2.24, 2.45) is 0 Å². The fraction of sp³-hybridized carbons (Fsp3) is 0.188. The summed E-state index contributed by atoms with van der Waals surface area (Å²) in [6, 6.07) is 34.7. The van der Waals surface area contributed by atoms with E-state index in [1.807, 2.05) is 97.1 Å². The van der Waals surface area contributed by atoms with Crippen molar-refractivity contribution in [3.05, 3.63) is 131 Å². The monoisotopic (exact) mass is 539 g/mol. The number of thioether (sulfide) groups is 1. The lowest BCUT2D eigenvalue weighted by Gasteiger charge is -2.25. The van der Waals surface area contributed by atoms with Gasteiger partial charge in [-0.25, -0.2) is 9.59 Å². The molecule has 1 amide bonds. The number of hydrogen-bond acceptors (Lipinski definition) is 5. The van der Waals surface area contributed by atoms with Crippen LogP contribution in [0.3, 0.4) is 0 Å².